The molecule has 1 radical (unpaired) electrons. The van der Waals surface area contributed by atoms with Crippen molar-refractivity contribution < 1.29 is 26.5 Å². The summed E-state index contributed by atoms with van der Waals surface area (Å²) in [6.07, 6.45) is 3.47. The Hall–Kier alpha value is -0.581. The van der Waals surface area contributed by atoms with Gasteiger partial charge in [0.05, 0.1) is 31.4 Å². The normalized spacial score (nSPS) is 10.1. The molecule has 0 fully saturated rings. The van der Waals surface area contributed by atoms with Crippen LogP contribution in [0.15, 0.2) is 48.8 Å². The smallest absolute Gasteiger partial charge is 0.493 e. The quantitative estimate of drug-likeness (QED) is 0.168. The van der Waals surface area contributed by atoms with Crippen molar-refractivity contribution >= 4 is 90.2 Å². The largest absolute Gasteiger partial charge is 2.00 e. The molecule has 2 aromatic heterocycles. The summed E-state index contributed by atoms with van der Waals surface area (Å²) in [5, 5.41) is 3.26. The van der Waals surface area contributed by atoms with Crippen molar-refractivity contribution in [1.82, 2.24) is 9.97 Å². The molecule has 4 rings (SSSR count). The Bertz CT molecular complexity index is 1070. The van der Waals surface area contributed by atoms with Crippen molar-refractivity contribution in [3.05, 3.63) is 66.0 Å². The molecule has 0 unspecified atom stereocenters. The summed E-state index contributed by atoms with van der Waals surface area (Å²) in [5.74, 6) is 1.57. The van der Waals surface area contributed by atoms with Crippen LogP contribution in [0, 0.1) is 7.14 Å². The number of fused-ring (bicyclic) bond motifs is 2. The van der Waals surface area contributed by atoms with Gasteiger partial charge in [0.1, 0.15) is 11.0 Å². The molecule has 9 heteroatoms. The maximum Gasteiger partial charge on any atom is 2.00 e. The molecule has 2 aromatic carbocycles. The van der Waals surface area contributed by atoms with Gasteiger partial charge in [0.15, 0.2) is 11.5 Å². The second-order valence-electron chi connectivity index (χ2n) is 5.55. The van der Waals surface area contributed by atoms with Gasteiger partial charge in [-0.3, -0.25) is 9.97 Å². The van der Waals surface area contributed by atoms with Gasteiger partial charge in [-0.05, 0) is 81.6 Å². The van der Waals surface area contributed by atoms with Gasteiger partial charge >= 0.3 is 17.1 Å². The fourth-order valence-electron chi connectivity index (χ4n) is 2.68. The topological polar surface area (TPSA) is 44.2 Å². The second-order valence-corrected chi connectivity index (χ2v) is 8.68. The van der Waals surface area contributed by atoms with Crippen LogP contribution in [-0.4, -0.2) is 24.2 Å². The number of methoxy groups -OCH3 is 2. The van der Waals surface area contributed by atoms with E-state index < -0.39 is 0 Å². The Labute approximate surface area is 216 Å². The zero-order valence-corrected chi connectivity index (χ0v) is 22.2. The first-order chi connectivity index (χ1) is 13.5. The van der Waals surface area contributed by atoms with Crippen molar-refractivity contribution in [3.63, 3.8) is 0 Å². The third kappa shape index (κ3) is 5.37. The molecule has 0 atom stereocenters. The average molecular weight is 692 g/mol. The summed E-state index contributed by atoms with van der Waals surface area (Å²) in [7, 11) is 3.28. The molecule has 4 aromatic rings. The minimum absolute atomic E-state index is 0. The van der Waals surface area contributed by atoms with E-state index >= 15 is 0 Å². The zero-order valence-electron chi connectivity index (χ0n) is 15.2. The van der Waals surface area contributed by atoms with Gasteiger partial charge in [0, 0.05) is 23.2 Å². The predicted octanol–water partition coefficient (Wildman–Crippen LogP) is 7.00. The first-order valence-corrected chi connectivity index (χ1v) is 10.9. The van der Waals surface area contributed by atoms with E-state index in [1.807, 2.05) is 36.4 Å². The average Bonchev–Trinajstić information content (AvgIpc) is 2.69. The summed E-state index contributed by atoms with van der Waals surface area (Å²) >= 11 is 16.6. The molecule has 0 aliphatic carbocycles. The van der Waals surface area contributed by atoms with Gasteiger partial charge in [-0.15, -0.1) is 0 Å². The Morgan fingerprint density at radius 3 is 1.48 bits per heavy atom. The van der Waals surface area contributed by atoms with E-state index in [9.17, 15) is 0 Å². The first-order valence-electron chi connectivity index (χ1n) is 8.01. The molecular weight excluding hydrogens is 678 g/mol. The number of hydrogen-bond acceptors (Lipinski definition) is 4. The Balaban J connectivity index is 0.000000200. The number of rotatable bonds is 2. The molecule has 29 heavy (non-hydrogen) atoms. The van der Waals surface area contributed by atoms with Crippen LogP contribution in [0.3, 0.4) is 0 Å². The van der Waals surface area contributed by atoms with Crippen LogP contribution in [0.5, 0.6) is 11.5 Å². The van der Waals surface area contributed by atoms with Crippen molar-refractivity contribution in [1.29, 1.82) is 0 Å². The van der Waals surface area contributed by atoms with Gasteiger partial charge in [-0.1, -0.05) is 23.2 Å². The molecule has 0 saturated heterocycles. The number of hydrogen-bond donors (Lipinski definition) is 0. The number of nitrogens with zero attached hydrogens (tertiary/aromatic N) is 2. The molecule has 149 valence electrons. The summed E-state index contributed by atoms with van der Waals surface area (Å²) in [6.45, 7) is 0. The van der Waals surface area contributed by atoms with E-state index in [0.717, 1.165) is 40.4 Å². The monoisotopic (exact) mass is 691 g/mol. The summed E-state index contributed by atoms with van der Waals surface area (Å²) in [4.78, 5) is 8.52. The number of halogens is 4. The minimum atomic E-state index is 0. The van der Waals surface area contributed by atoms with Crippen molar-refractivity contribution in [2.45, 2.75) is 0 Å². The number of pyridine rings is 2. The van der Waals surface area contributed by atoms with Crippen LogP contribution in [0.1, 0.15) is 0 Å². The second kappa shape index (κ2) is 11.2. The molecule has 0 bridgehead atoms. The number of aromatic nitrogens is 2. The third-order valence-corrected chi connectivity index (χ3v) is 6.14. The Morgan fingerprint density at radius 1 is 0.759 bits per heavy atom. The maximum atomic E-state index is 6.09. The SMILES string of the molecule is [11CH3]Oc1c(I)cc(Cl)c2cccnc12.[11CH3]Oc1c(I)cc(Cl)c2cccnc12.[Mn+2]. The van der Waals surface area contributed by atoms with Gasteiger partial charge in [-0.25, -0.2) is 0 Å². The Morgan fingerprint density at radius 2 is 1.14 bits per heavy atom. The van der Waals surface area contributed by atoms with Crippen LogP contribution in [-0.2, 0) is 17.1 Å². The molecule has 0 N–H and O–H groups in total. The van der Waals surface area contributed by atoms with Gasteiger partial charge < -0.3 is 9.47 Å². The predicted molar refractivity (Wildman–Crippen MR) is 132 cm³/mol. The number of benzene rings is 2. The molecular formula is C20H14Cl2I2MnN2O2+2. The van der Waals surface area contributed by atoms with Crippen molar-refractivity contribution in [3.8, 4) is 11.5 Å². The van der Waals surface area contributed by atoms with E-state index in [1.165, 1.54) is 0 Å². The molecule has 4 nitrogen and oxygen atoms in total. The fraction of sp³-hybridized carbons (Fsp3) is 0.100. The van der Waals surface area contributed by atoms with Crippen LogP contribution in [0.4, 0.5) is 0 Å². The van der Waals surface area contributed by atoms with Crippen LogP contribution < -0.4 is 9.47 Å². The van der Waals surface area contributed by atoms with E-state index in [1.54, 1.807) is 26.6 Å². The van der Waals surface area contributed by atoms with Gasteiger partial charge in [0.2, 0.25) is 0 Å². The van der Waals surface area contributed by atoms with Crippen LogP contribution in [0.25, 0.3) is 21.8 Å². The third-order valence-electron chi connectivity index (χ3n) is 3.91. The summed E-state index contributed by atoms with van der Waals surface area (Å²) in [6, 6.07) is 11.4. The maximum absolute atomic E-state index is 6.09. The van der Waals surface area contributed by atoms with E-state index in [-0.39, 0.29) is 17.1 Å². The molecule has 0 saturated carbocycles. The van der Waals surface area contributed by atoms with E-state index in [2.05, 4.69) is 55.1 Å². The van der Waals surface area contributed by atoms with Gasteiger partial charge in [0.25, 0.3) is 0 Å². The zero-order chi connectivity index (χ0) is 20.3. The fourth-order valence-corrected chi connectivity index (χ4v) is 5.15. The van der Waals surface area contributed by atoms with Crippen LogP contribution in [0.2, 0.25) is 10.0 Å². The Kier molecular flexibility index (Phi) is 9.50. The van der Waals surface area contributed by atoms with Crippen LogP contribution >= 0.6 is 68.4 Å². The minimum Gasteiger partial charge on any atom is -0.493 e. The van der Waals surface area contributed by atoms with Gasteiger partial charge in [-0.2, -0.15) is 0 Å². The summed E-state index contributed by atoms with van der Waals surface area (Å²) < 4.78 is 12.5. The first kappa shape index (κ1) is 24.7. The molecule has 0 amide bonds. The van der Waals surface area contributed by atoms with E-state index in [4.69, 9.17) is 32.7 Å². The van der Waals surface area contributed by atoms with E-state index in [0.29, 0.717) is 10.0 Å². The van der Waals surface area contributed by atoms with Crippen molar-refractivity contribution in [2.75, 3.05) is 14.2 Å². The number of ether oxygens (including phenoxy) is 2. The standard InChI is InChI=1S/2C10H7ClINO.Mn/c2*1-14-10-8(12)5-7(11)6-3-2-4-13-9(6)10;/h2*2-5H,1H3;/q;;+2/i2*1-1;. The molecule has 2 heterocycles. The van der Waals surface area contributed by atoms with Crippen molar-refractivity contribution in [2.24, 2.45) is 0 Å². The molecule has 0 aliphatic rings. The molecule has 0 aliphatic heterocycles. The summed E-state index contributed by atoms with van der Waals surface area (Å²) in [5.41, 5.74) is 1.62. The molecule has 0 spiro atoms.